The SMILES string of the molecule is O=C(CN1CCCCCC1CO)Nc1ccc(F)c(F)c1. The largest absolute Gasteiger partial charge is 0.395 e. The van der Waals surface area contributed by atoms with E-state index >= 15 is 0 Å². The van der Waals surface area contributed by atoms with Gasteiger partial charge in [-0.05, 0) is 31.5 Å². The maximum Gasteiger partial charge on any atom is 0.238 e. The summed E-state index contributed by atoms with van der Waals surface area (Å²) in [6.45, 7) is 0.930. The number of hydrogen-bond acceptors (Lipinski definition) is 3. The minimum absolute atomic E-state index is 0.0109. The predicted octanol–water partition coefficient (Wildman–Crippen LogP) is 2.14. The van der Waals surface area contributed by atoms with Crippen LogP contribution in [0.4, 0.5) is 14.5 Å². The third-order valence-corrected chi connectivity index (χ3v) is 3.76. The molecule has 0 aliphatic carbocycles. The fraction of sp³-hybridized carbons (Fsp3) is 0.533. The zero-order chi connectivity index (χ0) is 15.2. The van der Waals surface area contributed by atoms with Gasteiger partial charge in [-0.2, -0.15) is 0 Å². The van der Waals surface area contributed by atoms with Gasteiger partial charge in [-0.3, -0.25) is 9.69 Å². The number of likely N-dealkylation sites (tertiary alicyclic amines) is 1. The molecule has 1 amide bonds. The van der Waals surface area contributed by atoms with Crippen LogP contribution >= 0.6 is 0 Å². The minimum atomic E-state index is -0.990. The van der Waals surface area contributed by atoms with Crippen molar-refractivity contribution in [3.8, 4) is 0 Å². The number of nitrogens with one attached hydrogen (secondary N) is 1. The maximum atomic E-state index is 13.1. The number of nitrogens with zero attached hydrogens (tertiary/aromatic N) is 1. The van der Waals surface area contributed by atoms with E-state index in [1.165, 1.54) is 6.07 Å². The third kappa shape index (κ3) is 4.47. The standard InChI is InChI=1S/C15H20F2N2O2/c16-13-6-5-11(8-14(13)17)18-15(21)9-19-7-3-1-2-4-12(19)10-20/h5-6,8,12,20H,1-4,7,9-10H2,(H,18,21). The summed E-state index contributed by atoms with van der Waals surface area (Å²) in [5.41, 5.74) is 0.231. The summed E-state index contributed by atoms with van der Waals surface area (Å²) in [5, 5.41) is 11.9. The molecule has 0 aromatic heterocycles. The molecule has 1 unspecified atom stereocenters. The van der Waals surface area contributed by atoms with Crippen LogP contribution in [0.25, 0.3) is 0 Å². The molecular formula is C15H20F2N2O2. The van der Waals surface area contributed by atoms with E-state index in [1.54, 1.807) is 0 Å². The minimum Gasteiger partial charge on any atom is -0.395 e. The number of carbonyl (C=O) groups excluding carboxylic acids is 1. The monoisotopic (exact) mass is 298 g/mol. The van der Waals surface area contributed by atoms with E-state index < -0.39 is 11.6 Å². The van der Waals surface area contributed by atoms with Gasteiger partial charge < -0.3 is 10.4 Å². The lowest BCUT2D eigenvalue weighted by Gasteiger charge is -2.27. The Bertz CT molecular complexity index is 497. The molecule has 1 aromatic rings. The molecule has 0 spiro atoms. The molecule has 1 fully saturated rings. The van der Waals surface area contributed by atoms with Crippen LogP contribution in [0.2, 0.25) is 0 Å². The molecule has 1 atom stereocenters. The average molecular weight is 298 g/mol. The van der Waals surface area contributed by atoms with Gasteiger partial charge in [-0.15, -0.1) is 0 Å². The Morgan fingerprint density at radius 1 is 1.29 bits per heavy atom. The van der Waals surface area contributed by atoms with Gasteiger partial charge in [0.25, 0.3) is 0 Å². The molecule has 1 aromatic carbocycles. The summed E-state index contributed by atoms with van der Waals surface area (Å²) in [6, 6.07) is 3.25. The van der Waals surface area contributed by atoms with Crippen LogP contribution in [0, 0.1) is 11.6 Å². The van der Waals surface area contributed by atoms with Crippen molar-refractivity contribution in [2.45, 2.75) is 31.7 Å². The topological polar surface area (TPSA) is 52.6 Å². The van der Waals surface area contributed by atoms with Crippen molar-refractivity contribution in [2.24, 2.45) is 0 Å². The first kappa shape index (κ1) is 15.9. The first-order valence-electron chi connectivity index (χ1n) is 7.20. The Morgan fingerprint density at radius 3 is 2.81 bits per heavy atom. The molecule has 1 aliphatic heterocycles. The zero-order valence-electron chi connectivity index (χ0n) is 11.8. The maximum absolute atomic E-state index is 13.1. The number of halogens is 2. The van der Waals surface area contributed by atoms with Gasteiger partial charge in [-0.1, -0.05) is 12.8 Å². The first-order valence-corrected chi connectivity index (χ1v) is 7.20. The number of hydrogen-bond donors (Lipinski definition) is 2. The van der Waals surface area contributed by atoms with Crippen molar-refractivity contribution in [3.63, 3.8) is 0 Å². The molecule has 6 heteroatoms. The molecule has 2 N–H and O–H groups in total. The molecule has 116 valence electrons. The lowest BCUT2D eigenvalue weighted by Crippen LogP contribution is -2.42. The van der Waals surface area contributed by atoms with Crippen LogP contribution in [-0.2, 0) is 4.79 Å². The third-order valence-electron chi connectivity index (χ3n) is 3.76. The second-order valence-electron chi connectivity index (χ2n) is 5.33. The van der Waals surface area contributed by atoms with Gasteiger partial charge in [0.05, 0.1) is 13.2 Å². The Hall–Kier alpha value is -1.53. The van der Waals surface area contributed by atoms with Crippen LogP contribution < -0.4 is 5.32 Å². The molecule has 0 bridgehead atoms. The highest BCUT2D eigenvalue weighted by Crippen LogP contribution is 2.17. The van der Waals surface area contributed by atoms with E-state index in [0.29, 0.717) is 0 Å². The van der Waals surface area contributed by atoms with Gasteiger partial charge in [0.2, 0.25) is 5.91 Å². The van der Waals surface area contributed by atoms with E-state index in [1.807, 2.05) is 4.90 Å². The molecular weight excluding hydrogens is 278 g/mol. The van der Waals surface area contributed by atoms with E-state index in [0.717, 1.165) is 44.4 Å². The molecule has 2 rings (SSSR count). The van der Waals surface area contributed by atoms with Gasteiger partial charge in [0, 0.05) is 17.8 Å². The first-order chi connectivity index (χ1) is 10.1. The van der Waals surface area contributed by atoms with Gasteiger partial charge >= 0.3 is 0 Å². The zero-order valence-corrected chi connectivity index (χ0v) is 11.8. The van der Waals surface area contributed by atoms with Crippen molar-refractivity contribution in [2.75, 3.05) is 25.0 Å². The predicted molar refractivity (Wildman–Crippen MR) is 75.9 cm³/mol. The lowest BCUT2D eigenvalue weighted by atomic mass is 10.1. The highest BCUT2D eigenvalue weighted by molar-refractivity contribution is 5.92. The Kier molecular flexibility index (Phi) is 5.64. The summed E-state index contributed by atoms with van der Waals surface area (Å²) in [4.78, 5) is 13.9. The number of benzene rings is 1. The summed E-state index contributed by atoms with van der Waals surface area (Å²) < 4.78 is 25.9. The molecule has 1 aliphatic rings. The molecule has 0 saturated carbocycles. The van der Waals surface area contributed by atoms with Crippen LogP contribution in [0.1, 0.15) is 25.7 Å². The second kappa shape index (κ2) is 7.47. The van der Waals surface area contributed by atoms with Gasteiger partial charge in [0.15, 0.2) is 11.6 Å². The van der Waals surface area contributed by atoms with Crippen LogP contribution in [0.15, 0.2) is 18.2 Å². The second-order valence-corrected chi connectivity index (χ2v) is 5.33. The number of aliphatic hydroxyl groups is 1. The molecule has 1 saturated heterocycles. The highest BCUT2D eigenvalue weighted by Gasteiger charge is 2.22. The normalized spacial score (nSPS) is 20.0. The molecule has 1 heterocycles. The quantitative estimate of drug-likeness (QED) is 0.895. The van der Waals surface area contributed by atoms with Crippen LogP contribution in [-0.4, -0.2) is 41.7 Å². The number of rotatable bonds is 4. The van der Waals surface area contributed by atoms with E-state index in [4.69, 9.17) is 0 Å². The van der Waals surface area contributed by atoms with Crippen LogP contribution in [0.3, 0.4) is 0 Å². The van der Waals surface area contributed by atoms with Crippen molar-refractivity contribution >= 4 is 11.6 Å². The van der Waals surface area contributed by atoms with Crippen molar-refractivity contribution in [1.82, 2.24) is 4.90 Å². The molecule has 4 nitrogen and oxygen atoms in total. The van der Waals surface area contributed by atoms with E-state index in [2.05, 4.69) is 5.32 Å². The fourth-order valence-electron chi connectivity index (χ4n) is 2.61. The summed E-state index contributed by atoms with van der Waals surface area (Å²) in [7, 11) is 0. The van der Waals surface area contributed by atoms with Gasteiger partial charge in [0.1, 0.15) is 0 Å². The van der Waals surface area contributed by atoms with E-state index in [9.17, 15) is 18.7 Å². The van der Waals surface area contributed by atoms with Crippen LogP contribution in [0.5, 0.6) is 0 Å². The lowest BCUT2D eigenvalue weighted by molar-refractivity contribution is -0.118. The van der Waals surface area contributed by atoms with Gasteiger partial charge in [-0.25, -0.2) is 8.78 Å². The Labute approximate surface area is 122 Å². The molecule has 0 radical (unpaired) electrons. The highest BCUT2D eigenvalue weighted by atomic mass is 19.2. The summed E-state index contributed by atoms with van der Waals surface area (Å²) in [5.74, 6) is -2.22. The van der Waals surface area contributed by atoms with E-state index in [-0.39, 0.29) is 30.8 Å². The smallest absolute Gasteiger partial charge is 0.238 e. The average Bonchev–Trinajstić information content (AvgIpc) is 2.68. The number of aliphatic hydroxyl groups excluding tert-OH is 1. The number of amides is 1. The van der Waals surface area contributed by atoms with Crippen molar-refractivity contribution < 1.29 is 18.7 Å². The Morgan fingerprint density at radius 2 is 2.10 bits per heavy atom. The Balaban J connectivity index is 1.94. The summed E-state index contributed by atoms with van der Waals surface area (Å²) >= 11 is 0. The van der Waals surface area contributed by atoms with Crippen molar-refractivity contribution in [3.05, 3.63) is 29.8 Å². The fourth-order valence-corrected chi connectivity index (χ4v) is 2.61. The number of anilines is 1. The molecule has 21 heavy (non-hydrogen) atoms. The van der Waals surface area contributed by atoms with Crippen molar-refractivity contribution in [1.29, 1.82) is 0 Å². The number of carbonyl (C=O) groups is 1. The summed E-state index contributed by atoms with van der Waals surface area (Å²) in [6.07, 6.45) is 4.01.